The van der Waals surface area contributed by atoms with Crippen LogP contribution >= 0.6 is 23.2 Å². The first-order valence-corrected chi connectivity index (χ1v) is 7.81. The van der Waals surface area contributed by atoms with E-state index in [1.54, 1.807) is 6.07 Å². The Balaban J connectivity index is 2.48. The second kappa shape index (κ2) is 5.35. The van der Waals surface area contributed by atoms with Crippen LogP contribution in [0.2, 0.25) is 10.0 Å². The molecule has 4 nitrogen and oxygen atoms in total. The normalized spacial score (nSPS) is 22.1. The number of rotatable bonds is 2. The molecule has 2 rings (SSSR count). The van der Waals surface area contributed by atoms with Crippen molar-refractivity contribution in [1.29, 1.82) is 0 Å². The van der Waals surface area contributed by atoms with Crippen LogP contribution in [0.15, 0.2) is 23.1 Å². The summed E-state index contributed by atoms with van der Waals surface area (Å²) in [5, 5.41) is 3.47. The molecule has 0 spiro atoms. The maximum Gasteiger partial charge on any atom is 0.246 e. The van der Waals surface area contributed by atoms with E-state index in [-0.39, 0.29) is 21.0 Å². The quantitative estimate of drug-likeness (QED) is 0.909. The zero-order chi connectivity index (χ0) is 13.3. The van der Waals surface area contributed by atoms with Gasteiger partial charge in [-0.25, -0.2) is 8.42 Å². The Morgan fingerprint density at radius 3 is 2.50 bits per heavy atom. The van der Waals surface area contributed by atoms with E-state index >= 15 is 0 Å². The second-order valence-corrected chi connectivity index (χ2v) is 6.86. The highest BCUT2D eigenvalue weighted by Crippen LogP contribution is 2.32. The van der Waals surface area contributed by atoms with Crippen LogP contribution in [0.5, 0.6) is 0 Å². The van der Waals surface area contributed by atoms with Crippen molar-refractivity contribution < 1.29 is 8.42 Å². The maximum absolute atomic E-state index is 12.6. The van der Waals surface area contributed by atoms with Crippen LogP contribution in [0.1, 0.15) is 6.92 Å². The SMILES string of the molecule is C[C@H]1CNCCN1S(=O)(=O)c1c(Cl)cccc1Cl. The summed E-state index contributed by atoms with van der Waals surface area (Å²) in [6.07, 6.45) is 0. The molecule has 1 saturated heterocycles. The van der Waals surface area contributed by atoms with Crippen LogP contribution in [0.3, 0.4) is 0 Å². The molecule has 18 heavy (non-hydrogen) atoms. The number of piperazine rings is 1. The van der Waals surface area contributed by atoms with Crippen LogP contribution in [0.4, 0.5) is 0 Å². The summed E-state index contributed by atoms with van der Waals surface area (Å²) in [5.41, 5.74) is 0. The molecule has 0 unspecified atom stereocenters. The van der Waals surface area contributed by atoms with Gasteiger partial charge in [0.1, 0.15) is 4.90 Å². The molecule has 1 aliphatic rings. The van der Waals surface area contributed by atoms with Crippen LogP contribution in [-0.2, 0) is 10.0 Å². The van der Waals surface area contributed by atoms with Crippen LogP contribution in [0.25, 0.3) is 0 Å². The molecule has 1 aromatic carbocycles. The van der Waals surface area contributed by atoms with Crippen LogP contribution in [0, 0.1) is 0 Å². The van der Waals surface area contributed by atoms with Crippen molar-refractivity contribution in [2.75, 3.05) is 19.6 Å². The molecular weight excluding hydrogens is 295 g/mol. The average molecular weight is 309 g/mol. The summed E-state index contributed by atoms with van der Waals surface area (Å²) in [7, 11) is -3.64. The van der Waals surface area contributed by atoms with Gasteiger partial charge in [0.25, 0.3) is 0 Å². The maximum atomic E-state index is 12.6. The van der Waals surface area contributed by atoms with Crippen LogP contribution < -0.4 is 5.32 Å². The Kier molecular flexibility index (Phi) is 4.18. The molecule has 0 saturated carbocycles. The van der Waals surface area contributed by atoms with Gasteiger partial charge in [-0.2, -0.15) is 4.31 Å². The van der Waals surface area contributed by atoms with E-state index in [9.17, 15) is 8.42 Å². The van der Waals surface area contributed by atoms with E-state index in [1.807, 2.05) is 6.92 Å². The minimum atomic E-state index is -3.64. The zero-order valence-electron chi connectivity index (χ0n) is 9.86. The molecule has 0 amide bonds. The van der Waals surface area contributed by atoms with Gasteiger partial charge in [0.2, 0.25) is 10.0 Å². The average Bonchev–Trinajstić information content (AvgIpc) is 2.28. The third-order valence-electron chi connectivity index (χ3n) is 2.93. The Morgan fingerprint density at radius 2 is 1.94 bits per heavy atom. The minimum Gasteiger partial charge on any atom is -0.314 e. The van der Waals surface area contributed by atoms with Crippen LogP contribution in [-0.4, -0.2) is 38.4 Å². The van der Waals surface area contributed by atoms with Crippen molar-refractivity contribution in [2.45, 2.75) is 17.9 Å². The van der Waals surface area contributed by atoms with Gasteiger partial charge in [0.05, 0.1) is 10.0 Å². The first kappa shape index (κ1) is 14.1. The highest BCUT2D eigenvalue weighted by atomic mass is 35.5. The van der Waals surface area contributed by atoms with E-state index in [0.29, 0.717) is 19.6 Å². The third-order valence-corrected chi connectivity index (χ3v) is 5.90. The number of benzene rings is 1. The first-order chi connectivity index (χ1) is 8.44. The minimum absolute atomic E-state index is 0.00193. The molecular formula is C11H14Cl2N2O2S. The molecule has 1 N–H and O–H groups in total. The largest absolute Gasteiger partial charge is 0.314 e. The number of halogens is 2. The van der Waals surface area contributed by atoms with Gasteiger partial charge in [-0.15, -0.1) is 0 Å². The van der Waals surface area contributed by atoms with E-state index in [0.717, 1.165) is 0 Å². The van der Waals surface area contributed by atoms with Gasteiger partial charge in [-0.3, -0.25) is 0 Å². The topological polar surface area (TPSA) is 49.4 Å². The van der Waals surface area contributed by atoms with E-state index in [1.165, 1.54) is 16.4 Å². The van der Waals surface area contributed by atoms with Gasteiger partial charge in [0, 0.05) is 25.7 Å². The molecule has 100 valence electrons. The molecule has 0 radical (unpaired) electrons. The van der Waals surface area contributed by atoms with E-state index in [2.05, 4.69) is 5.32 Å². The molecule has 1 aliphatic heterocycles. The molecule has 7 heteroatoms. The number of sulfonamides is 1. The van der Waals surface area contributed by atoms with Gasteiger partial charge in [-0.05, 0) is 19.1 Å². The third kappa shape index (κ3) is 2.51. The van der Waals surface area contributed by atoms with Crippen molar-refractivity contribution in [1.82, 2.24) is 9.62 Å². The predicted molar refractivity (Wildman–Crippen MR) is 72.7 cm³/mol. The second-order valence-electron chi connectivity index (χ2n) is 4.22. The van der Waals surface area contributed by atoms with Crippen molar-refractivity contribution in [3.8, 4) is 0 Å². The molecule has 0 aromatic heterocycles. The van der Waals surface area contributed by atoms with Gasteiger partial charge in [0.15, 0.2) is 0 Å². The summed E-state index contributed by atoms with van der Waals surface area (Å²) in [4.78, 5) is 0.00193. The summed E-state index contributed by atoms with van der Waals surface area (Å²) in [5.74, 6) is 0. The summed E-state index contributed by atoms with van der Waals surface area (Å²) in [6, 6.07) is 4.58. The van der Waals surface area contributed by atoms with Crippen molar-refractivity contribution >= 4 is 33.2 Å². The Labute approximate surface area is 117 Å². The highest BCUT2D eigenvalue weighted by Gasteiger charge is 2.33. The summed E-state index contributed by atoms with van der Waals surface area (Å²) in [6.45, 7) is 3.53. The summed E-state index contributed by atoms with van der Waals surface area (Å²) >= 11 is 12.0. The lowest BCUT2D eigenvalue weighted by Crippen LogP contribution is -2.52. The van der Waals surface area contributed by atoms with Crippen molar-refractivity contribution in [3.05, 3.63) is 28.2 Å². The molecule has 0 aliphatic carbocycles. The Morgan fingerprint density at radius 1 is 1.33 bits per heavy atom. The standard InChI is InChI=1S/C11H14Cl2N2O2S/c1-8-7-14-5-6-15(8)18(16,17)11-9(12)3-2-4-10(11)13/h2-4,8,14H,5-7H2,1H3/t8-/m0/s1. The fourth-order valence-corrected chi connectivity index (χ4v) is 4.75. The lowest BCUT2D eigenvalue weighted by Gasteiger charge is -2.33. The number of hydrogen-bond acceptors (Lipinski definition) is 3. The lowest BCUT2D eigenvalue weighted by molar-refractivity contribution is 0.284. The molecule has 1 atom stereocenters. The summed E-state index contributed by atoms with van der Waals surface area (Å²) < 4.78 is 26.6. The fourth-order valence-electron chi connectivity index (χ4n) is 2.03. The predicted octanol–water partition coefficient (Wildman–Crippen LogP) is 1.98. The van der Waals surface area contributed by atoms with Gasteiger partial charge in [-0.1, -0.05) is 29.3 Å². The van der Waals surface area contributed by atoms with Gasteiger partial charge >= 0.3 is 0 Å². The zero-order valence-corrected chi connectivity index (χ0v) is 12.2. The van der Waals surface area contributed by atoms with Crippen molar-refractivity contribution in [2.24, 2.45) is 0 Å². The monoisotopic (exact) mass is 308 g/mol. The van der Waals surface area contributed by atoms with Crippen molar-refractivity contribution in [3.63, 3.8) is 0 Å². The Bertz CT molecular complexity index is 528. The van der Waals surface area contributed by atoms with E-state index < -0.39 is 10.0 Å². The Hall–Kier alpha value is -0.330. The van der Waals surface area contributed by atoms with E-state index in [4.69, 9.17) is 23.2 Å². The molecule has 1 aromatic rings. The smallest absolute Gasteiger partial charge is 0.246 e. The first-order valence-electron chi connectivity index (χ1n) is 5.61. The molecule has 1 heterocycles. The fraction of sp³-hybridized carbons (Fsp3) is 0.455. The molecule has 1 fully saturated rings. The molecule has 0 bridgehead atoms. The van der Waals surface area contributed by atoms with Gasteiger partial charge < -0.3 is 5.32 Å². The number of nitrogens with one attached hydrogen (secondary N) is 1. The number of hydrogen-bond donors (Lipinski definition) is 1. The number of nitrogens with zero attached hydrogens (tertiary/aromatic N) is 1. The lowest BCUT2D eigenvalue weighted by atomic mass is 10.3. The highest BCUT2D eigenvalue weighted by molar-refractivity contribution is 7.89.